The van der Waals surface area contributed by atoms with Gasteiger partial charge in [-0.2, -0.15) is 12.6 Å². The number of thiol groups is 1. The van der Waals surface area contributed by atoms with Gasteiger partial charge < -0.3 is 5.32 Å². The van der Waals surface area contributed by atoms with Crippen LogP contribution in [-0.2, 0) is 0 Å². The molecule has 1 nitrogen and oxygen atoms in total. The number of benzene rings is 2. The first-order valence-corrected chi connectivity index (χ1v) is 6.21. The minimum absolute atomic E-state index is 0.760. The number of hydrogen-bond donors (Lipinski definition) is 2. The van der Waals surface area contributed by atoms with Crippen LogP contribution in [-0.4, -0.2) is 5.75 Å². The largest absolute Gasteiger partial charge is 0.356 e. The van der Waals surface area contributed by atoms with Crippen molar-refractivity contribution in [3.05, 3.63) is 66.2 Å². The molecule has 0 fully saturated rings. The van der Waals surface area contributed by atoms with E-state index in [2.05, 4.69) is 54.4 Å². The zero-order valence-corrected chi connectivity index (χ0v) is 10.4. The molecule has 0 unspecified atom stereocenters. The molecular formula is C15H15NS. The van der Waals surface area contributed by atoms with E-state index < -0.39 is 0 Å². The fourth-order valence-corrected chi connectivity index (χ4v) is 1.70. The molecule has 1 N–H and O–H groups in total. The number of anilines is 2. The van der Waals surface area contributed by atoms with Crippen molar-refractivity contribution in [1.29, 1.82) is 0 Å². The van der Waals surface area contributed by atoms with Crippen LogP contribution in [0.1, 0.15) is 5.56 Å². The normalized spacial score (nSPS) is 10.6. The van der Waals surface area contributed by atoms with Crippen LogP contribution in [0, 0.1) is 0 Å². The molecule has 0 spiro atoms. The molecule has 0 aliphatic rings. The monoisotopic (exact) mass is 241 g/mol. The summed E-state index contributed by atoms with van der Waals surface area (Å²) in [6.07, 6.45) is 4.11. The summed E-state index contributed by atoms with van der Waals surface area (Å²) in [4.78, 5) is 0. The maximum atomic E-state index is 4.15. The Labute approximate surface area is 108 Å². The van der Waals surface area contributed by atoms with Gasteiger partial charge in [0.15, 0.2) is 0 Å². The Balaban J connectivity index is 2.14. The fourth-order valence-electron chi connectivity index (χ4n) is 1.60. The van der Waals surface area contributed by atoms with Crippen molar-refractivity contribution >= 4 is 30.1 Å². The highest BCUT2D eigenvalue weighted by Crippen LogP contribution is 2.17. The predicted molar refractivity (Wildman–Crippen MR) is 79.1 cm³/mol. The minimum atomic E-state index is 0.760. The topological polar surface area (TPSA) is 12.0 Å². The van der Waals surface area contributed by atoms with Gasteiger partial charge in [0.25, 0.3) is 0 Å². The third kappa shape index (κ3) is 3.68. The molecule has 0 radical (unpaired) electrons. The van der Waals surface area contributed by atoms with Crippen LogP contribution < -0.4 is 5.32 Å². The van der Waals surface area contributed by atoms with Gasteiger partial charge in [0.2, 0.25) is 0 Å². The first-order chi connectivity index (χ1) is 8.38. The van der Waals surface area contributed by atoms with E-state index in [0.717, 1.165) is 17.1 Å². The molecule has 2 aromatic carbocycles. The first kappa shape index (κ1) is 11.8. The summed E-state index contributed by atoms with van der Waals surface area (Å²) in [6, 6.07) is 18.5. The van der Waals surface area contributed by atoms with E-state index in [1.54, 1.807) is 0 Å². The lowest BCUT2D eigenvalue weighted by atomic mass is 10.2. The average molecular weight is 241 g/mol. The summed E-state index contributed by atoms with van der Waals surface area (Å²) in [5.41, 5.74) is 3.38. The van der Waals surface area contributed by atoms with Gasteiger partial charge in [0.1, 0.15) is 0 Å². The molecule has 0 amide bonds. The number of nitrogens with one attached hydrogen (secondary N) is 1. The molecule has 17 heavy (non-hydrogen) atoms. The van der Waals surface area contributed by atoms with Crippen LogP contribution in [0.3, 0.4) is 0 Å². The Hall–Kier alpha value is -1.67. The molecule has 86 valence electrons. The van der Waals surface area contributed by atoms with E-state index in [-0.39, 0.29) is 0 Å². The molecule has 2 heteroatoms. The fraction of sp³-hybridized carbons (Fsp3) is 0.0667. The van der Waals surface area contributed by atoms with E-state index in [1.807, 2.05) is 30.3 Å². The Kier molecular flexibility index (Phi) is 4.28. The molecule has 2 rings (SSSR count). The lowest BCUT2D eigenvalue weighted by Crippen LogP contribution is -1.89. The lowest BCUT2D eigenvalue weighted by Gasteiger charge is -2.06. The number of hydrogen-bond acceptors (Lipinski definition) is 2. The zero-order valence-electron chi connectivity index (χ0n) is 9.51. The highest BCUT2D eigenvalue weighted by Gasteiger charge is 1.94. The molecule has 0 atom stereocenters. The van der Waals surface area contributed by atoms with Gasteiger partial charge in [-0.25, -0.2) is 0 Å². The molecule has 0 heterocycles. The van der Waals surface area contributed by atoms with Crippen molar-refractivity contribution in [3.63, 3.8) is 0 Å². The van der Waals surface area contributed by atoms with Gasteiger partial charge in [-0.3, -0.25) is 0 Å². The van der Waals surface area contributed by atoms with Gasteiger partial charge in [0.05, 0.1) is 0 Å². The van der Waals surface area contributed by atoms with E-state index in [9.17, 15) is 0 Å². The molecule has 0 aromatic heterocycles. The Bertz CT molecular complexity index is 491. The number of para-hydroxylation sites is 1. The van der Waals surface area contributed by atoms with Crippen molar-refractivity contribution in [2.45, 2.75) is 0 Å². The second-order valence-corrected chi connectivity index (χ2v) is 4.07. The summed E-state index contributed by atoms with van der Waals surface area (Å²) >= 11 is 4.15. The molecule has 2 aromatic rings. The standard InChI is InChI=1S/C15H15NS/c17-11-5-7-13-6-4-10-15(12-13)16-14-8-2-1-3-9-14/h1-10,12,16-17H,11H2. The van der Waals surface area contributed by atoms with Gasteiger partial charge in [-0.15, -0.1) is 0 Å². The van der Waals surface area contributed by atoms with E-state index >= 15 is 0 Å². The van der Waals surface area contributed by atoms with Crippen LogP contribution in [0.25, 0.3) is 6.08 Å². The molecule has 0 saturated heterocycles. The van der Waals surface area contributed by atoms with Crippen molar-refractivity contribution in [1.82, 2.24) is 0 Å². The van der Waals surface area contributed by atoms with E-state index in [1.165, 1.54) is 5.56 Å². The maximum Gasteiger partial charge on any atom is 0.0390 e. The highest BCUT2D eigenvalue weighted by molar-refractivity contribution is 7.80. The molecule has 0 saturated carbocycles. The Morgan fingerprint density at radius 3 is 2.47 bits per heavy atom. The van der Waals surface area contributed by atoms with Crippen LogP contribution in [0.15, 0.2) is 60.7 Å². The van der Waals surface area contributed by atoms with Crippen LogP contribution in [0.4, 0.5) is 11.4 Å². The van der Waals surface area contributed by atoms with Gasteiger partial charge in [-0.1, -0.05) is 42.5 Å². The second-order valence-electron chi connectivity index (χ2n) is 3.70. The minimum Gasteiger partial charge on any atom is -0.356 e. The molecular weight excluding hydrogens is 226 g/mol. The third-order valence-electron chi connectivity index (χ3n) is 2.36. The Morgan fingerprint density at radius 2 is 1.71 bits per heavy atom. The van der Waals surface area contributed by atoms with Crippen LogP contribution in [0.2, 0.25) is 0 Å². The molecule has 0 bridgehead atoms. The van der Waals surface area contributed by atoms with Crippen molar-refractivity contribution in [3.8, 4) is 0 Å². The predicted octanol–water partition coefficient (Wildman–Crippen LogP) is 4.37. The van der Waals surface area contributed by atoms with Crippen molar-refractivity contribution < 1.29 is 0 Å². The van der Waals surface area contributed by atoms with E-state index in [0.29, 0.717) is 0 Å². The van der Waals surface area contributed by atoms with Gasteiger partial charge in [0, 0.05) is 17.1 Å². The van der Waals surface area contributed by atoms with E-state index in [4.69, 9.17) is 0 Å². The SMILES string of the molecule is SCC=Cc1cccc(Nc2ccccc2)c1. The summed E-state index contributed by atoms with van der Waals surface area (Å²) in [5.74, 6) is 0.760. The van der Waals surface area contributed by atoms with Crippen LogP contribution in [0.5, 0.6) is 0 Å². The average Bonchev–Trinajstić information content (AvgIpc) is 2.38. The molecule has 0 aliphatic carbocycles. The zero-order chi connectivity index (χ0) is 11.9. The van der Waals surface area contributed by atoms with Crippen molar-refractivity contribution in [2.75, 3.05) is 11.1 Å². The highest BCUT2D eigenvalue weighted by atomic mass is 32.1. The van der Waals surface area contributed by atoms with Crippen molar-refractivity contribution in [2.24, 2.45) is 0 Å². The smallest absolute Gasteiger partial charge is 0.0390 e. The number of rotatable bonds is 4. The lowest BCUT2D eigenvalue weighted by molar-refractivity contribution is 1.54. The summed E-state index contributed by atoms with van der Waals surface area (Å²) in [7, 11) is 0. The van der Waals surface area contributed by atoms with Crippen LogP contribution >= 0.6 is 12.6 Å². The summed E-state index contributed by atoms with van der Waals surface area (Å²) in [6.45, 7) is 0. The quantitative estimate of drug-likeness (QED) is 0.757. The summed E-state index contributed by atoms with van der Waals surface area (Å²) < 4.78 is 0. The second kappa shape index (κ2) is 6.16. The summed E-state index contributed by atoms with van der Waals surface area (Å²) in [5, 5.41) is 3.37. The van der Waals surface area contributed by atoms with Gasteiger partial charge >= 0.3 is 0 Å². The first-order valence-electron chi connectivity index (χ1n) is 5.58. The third-order valence-corrected chi connectivity index (χ3v) is 2.58. The molecule has 0 aliphatic heterocycles. The Morgan fingerprint density at radius 1 is 0.941 bits per heavy atom. The maximum absolute atomic E-state index is 4.15. The van der Waals surface area contributed by atoms with Gasteiger partial charge in [-0.05, 0) is 29.8 Å².